The van der Waals surface area contributed by atoms with Crippen LogP contribution in [0.4, 0.5) is 5.95 Å². The van der Waals surface area contributed by atoms with Gasteiger partial charge in [-0.15, -0.1) is 10.2 Å². The summed E-state index contributed by atoms with van der Waals surface area (Å²) in [7, 11) is 1.65. The van der Waals surface area contributed by atoms with Gasteiger partial charge >= 0.3 is 0 Å². The molecule has 0 atom stereocenters. The van der Waals surface area contributed by atoms with Crippen LogP contribution in [0.2, 0.25) is 0 Å². The maximum atomic E-state index is 12.8. The molecule has 2 heterocycles. The number of hydrogen-bond donors (Lipinski definition) is 0. The molecule has 0 unspecified atom stereocenters. The number of carbonyl (C=O) groups is 1. The molecule has 4 rings (SSSR count). The molecule has 0 spiro atoms. The third-order valence-electron chi connectivity index (χ3n) is 3.86. The highest BCUT2D eigenvalue weighted by Gasteiger charge is 2.22. The van der Waals surface area contributed by atoms with Crippen LogP contribution in [-0.2, 0) is 0 Å². The second-order valence-corrected chi connectivity index (χ2v) is 6.41. The van der Waals surface area contributed by atoms with E-state index in [0.717, 1.165) is 15.5 Å². The van der Waals surface area contributed by atoms with Gasteiger partial charge in [-0.05, 0) is 36.4 Å². The summed E-state index contributed by atoms with van der Waals surface area (Å²) in [6.45, 7) is 0. The lowest BCUT2D eigenvalue weighted by Crippen LogP contribution is -2.28. The van der Waals surface area contributed by atoms with Crippen LogP contribution in [0.25, 0.3) is 16.7 Å². The van der Waals surface area contributed by atoms with E-state index in [4.69, 9.17) is 4.42 Å². The first-order valence-corrected chi connectivity index (χ1v) is 8.35. The van der Waals surface area contributed by atoms with Crippen molar-refractivity contribution in [2.75, 3.05) is 11.9 Å². The Morgan fingerprint density at radius 1 is 1.16 bits per heavy atom. The van der Waals surface area contributed by atoms with Crippen LogP contribution in [0.3, 0.4) is 0 Å². The first kappa shape index (κ1) is 15.6. The Morgan fingerprint density at radius 3 is 2.76 bits per heavy atom. The lowest BCUT2D eigenvalue weighted by molar-refractivity contribution is 0.0966. The lowest BCUT2D eigenvalue weighted by atomic mass is 10.2. The summed E-state index contributed by atoms with van der Waals surface area (Å²) in [6, 6.07) is 16.9. The number of nitrogens with zero attached hydrogens (tertiary/aromatic N) is 4. The Labute approximate surface area is 151 Å². The van der Waals surface area contributed by atoms with Gasteiger partial charge in [-0.25, -0.2) is 0 Å². The van der Waals surface area contributed by atoms with Gasteiger partial charge in [0.15, 0.2) is 5.76 Å². The number of aromatic nitrogens is 3. The molecule has 0 radical (unpaired) electrons. The van der Waals surface area contributed by atoms with Crippen molar-refractivity contribution in [2.24, 2.45) is 0 Å². The van der Waals surface area contributed by atoms with Crippen LogP contribution in [-0.4, -0.2) is 27.7 Å². The zero-order valence-electron chi connectivity index (χ0n) is 13.3. The molecule has 6 nitrogen and oxygen atoms in total. The molecule has 0 N–H and O–H groups in total. The van der Waals surface area contributed by atoms with E-state index >= 15 is 0 Å². The average molecular weight is 397 g/mol. The number of rotatable bonds is 3. The predicted molar refractivity (Wildman–Crippen MR) is 98.0 cm³/mol. The van der Waals surface area contributed by atoms with Gasteiger partial charge in [0.25, 0.3) is 5.91 Å². The van der Waals surface area contributed by atoms with Crippen molar-refractivity contribution in [1.82, 2.24) is 14.8 Å². The Balaban J connectivity index is 1.70. The van der Waals surface area contributed by atoms with Gasteiger partial charge < -0.3 is 4.42 Å². The minimum atomic E-state index is -0.294. The van der Waals surface area contributed by atoms with Gasteiger partial charge in [0.05, 0.1) is 5.69 Å². The number of amides is 1. The van der Waals surface area contributed by atoms with Crippen molar-refractivity contribution in [3.63, 3.8) is 0 Å². The van der Waals surface area contributed by atoms with Crippen molar-refractivity contribution < 1.29 is 9.21 Å². The SMILES string of the molecule is CN(C(=O)c1cc2cc(Br)ccc2o1)c1nncn1-c1ccccc1. The van der Waals surface area contributed by atoms with E-state index in [1.807, 2.05) is 48.5 Å². The smallest absolute Gasteiger partial charge is 0.296 e. The molecule has 25 heavy (non-hydrogen) atoms. The molecular weight excluding hydrogens is 384 g/mol. The molecule has 0 aliphatic heterocycles. The van der Waals surface area contributed by atoms with Crippen LogP contribution < -0.4 is 4.90 Å². The van der Waals surface area contributed by atoms with E-state index in [2.05, 4.69) is 26.1 Å². The van der Waals surface area contributed by atoms with Crippen LogP contribution in [0.1, 0.15) is 10.6 Å². The molecular formula is C18H13BrN4O2. The third kappa shape index (κ3) is 2.83. The Hall–Kier alpha value is -2.93. The number of fused-ring (bicyclic) bond motifs is 1. The van der Waals surface area contributed by atoms with Crippen LogP contribution >= 0.6 is 15.9 Å². The van der Waals surface area contributed by atoms with Gasteiger partial charge in [-0.3, -0.25) is 14.3 Å². The van der Waals surface area contributed by atoms with E-state index in [1.165, 1.54) is 4.90 Å². The fourth-order valence-corrected chi connectivity index (χ4v) is 2.98. The number of para-hydroxylation sites is 1. The normalized spacial score (nSPS) is 11.0. The highest BCUT2D eigenvalue weighted by atomic mass is 79.9. The zero-order valence-corrected chi connectivity index (χ0v) is 14.8. The number of anilines is 1. The summed E-state index contributed by atoms with van der Waals surface area (Å²) in [5.41, 5.74) is 1.53. The van der Waals surface area contributed by atoms with Gasteiger partial charge in [0.1, 0.15) is 11.9 Å². The van der Waals surface area contributed by atoms with E-state index in [0.29, 0.717) is 11.5 Å². The van der Waals surface area contributed by atoms with Gasteiger partial charge in [-0.2, -0.15) is 0 Å². The summed E-state index contributed by atoms with van der Waals surface area (Å²) in [5, 5.41) is 8.87. The molecule has 0 aliphatic carbocycles. The van der Waals surface area contributed by atoms with Crippen molar-refractivity contribution in [2.45, 2.75) is 0 Å². The van der Waals surface area contributed by atoms with E-state index in [9.17, 15) is 4.79 Å². The summed E-state index contributed by atoms with van der Waals surface area (Å²) < 4.78 is 8.36. The first-order valence-electron chi connectivity index (χ1n) is 7.56. The minimum absolute atomic E-state index is 0.248. The molecule has 2 aromatic heterocycles. The second-order valence-electron chi connectivity index (χ2n) is 5.49. The van der Waals surface area contributed by atoms with Gasteiger partial charge in [0.2, 0.25) is 5.95 Å². The fraction of sp³-hybridized carbons (Fsp3) is 0.0556. The van der Waals surface area contributed by atoms with Gasteiger partial charge in [0, 0.05) is 16.9 Å². The topological polar surface area (TPSA) is 64.2 Å². The van der Waals surface area contributed by atoms with E-state index in [-0.39, 0.29) is 11.7 Å². The summed E-state index contributed by atoms with van der Waals surface area (Å²) >= 11 is 3.42. The van der Waals surface area contributed by atoms with E-state index < -0.39 is 0 Å². The summed E-state index contributed by atoms with van der Waals surface area (Å²) in [4.78, 5) is 14.2. The van der Waals surface area contributed by atoms with Crippen molar-refractivity contribution in [3.8, 4) is 5.69 Å². The summed E-state index contributed by atoms with van der Waals surface area (Å²) in [6.07, 6.45) is 1.57. The fourth-order valence-electron chi connectivity index (χ4n) is 2.60. The number of hydrogen-bond acceptors (Lipinski definition) is 4. The van der Waals surface area contributed by atoms with Crippen molar-refractivity contribution in [3.05, 3.63) is 71.2 Å². The number of furan rings is 1. The van der Waals surface area contributed by atoms with Crippen LogP contribution in [0.5, 0.6) is 0 Å². The van der Waals surface area contributed by atoms with Crippen molar-refractivity contribution in [1.29, 1.82) is 0 Å². The zero-order chi connectivity index (χ0) is 17.4. The van der Waals surface area contributed by atoms with Crippen molar-refractivity contribution >= 4 is 38.8 Å². The third-order valence-corrected chi connectivity index (χ3v) is 4.35. The number of halogens is 1. The van der Waals surface area contributed by atoms with Gasteiger partial charge in [-0.1, -0.05) is 34.1 Å². The Bertz CT molecular complexity index is 1060. The monoisotopic (exact) mass is 396 g/mol. The van der Waals surface area contributed by atoms with E-state index in [1.54, 1.807) is 24.0 Å². The standard InChI is InChI=1S/C18H13BrN4O2/c1-22(18-21-20-11-23(18)14-5-3-2-4-6-14)17(24)16-10-12-9-13(19)7-8-15(12)25-16/h2-11H,1H3. The maximum Gasteiger partial charge on any atom is 0.296 e. The predicted octanol–water partition coefficient (Wildman–Crippen LogP) is 4.05. The highest BCUT2D eigenvalue weighted by molar-refractivity contribution is 9.10. The van der Waals surface area contributed by atoms with Crippen LogP contribution in [0, 0.1) is 0 Å². The number of carbonyl (C=O) groups excluding carboxylic acids is 1. The summed E-state index contributed by atoms with van der Waals surface area (Å²) in [5.74, 6) is 0.369. The molecule has 0 saturated heterocycles. The molecule has 0 bridgehead atoms. The average Bonchev–Trinajstić information content (AvgIpc) is 3.27. The molecule has 2 aromatic carbocycles. The maximum absolute atomic E-state index is 12.8. The molecule has 0 aliphatic rings. The largest absolute Gasteiger partial charge is 0.451 e. The second kappa shape index (κ2) is 6.18. The lowest BCUT2D eigenvalue weighted by Gasteiger charge is -2.15. The Morgan fingerprint density at radius 2 is 1.96 bits per heavy atom. The highest BCUT2D eigenvalue weighted by Crippen LogP contribution is 2.25. The first-order chi connectivity index (χ1) is 12.1. The number of benzene rings is 2. The molecule has 124 valence electrons. The Kier molecular flexibility index (Phi) is 3.85. The quantitative estimate of drug-likeness (QED) is 0.523. The minimum Gasteiger partial charge on any atom is -0.451 e. The van der Waals surface area contributed by atoms with Crippen LogP contribution in [0.15, 0.2) is 69.8 Å². The molecule has 0 saturated carbocycles. The molecule has 0 fully saturated rings. The molecule has 4 aromatic rings. The molecule has 7 heteroatoms. The molecule has 1 amide bonds.